The van der Waals surface area contributed by atoms with Crippen molar-refractivity contribution < 1.29 is 19.4 Å². The molecule has 5 rings (SSSR count). The van der Waals surface area contributed by atoms with E-state index in [1.807, 2.05) is 79.7 Å². The lowest BCUT2D eigenvalue weighted by Crippen LogP contribution is -2.38. The highest BCUT2D eigenvalue weighted by atomic mass is 79.9. The average Bonchev–Trinajstić information content (AvgIpc) is 3.44. The number of nitrogens with one attached hydrogen (secondary N) is 1. The number of carbonyl (C=O) groups excluding carboxylic acids is 1. The Morgan fingerprint density at radius 3 is 2.59 bits per heavy atom. The molecule has 1 aromatic heterocycles. The predicted molar refractivity (Wildman–Crippen MR) is 155 cm³/mol. The molecule has 2 atom stereocenters. The molecular formula is C31H30BrN3O4. The maximum atomic E-state index is 14.0. The third-order valence-corrected chi connectivity index (χ3v) is 7.92. The fraction of sp³-hybridized carbons (Fsp3) is 0.258. The number of fused-ring (bicyclic) bond motifs is 1. The van der Waals surface area contributed by atoms with Crippen LogP contribution in [0.1, 0.15) is 33.9 Å². The van der Waals surface area contributed by atoms with Crippen molar-refractivity contribution in [1.82, 2.24) is 15.2 Å². The van der Waals surface area contributed by atoms with Crippen LogP contribution in [0.15, 0.2) is 77.3 Å². The number of carbonyl (C=O) groups is 2. The summed E-state index contributed by atoms with van der Waals surface area (Å²) in [6, 6.07) is 23.1. The van der Waals surface area contributed by atoms with E-state index < -0.39 is 11.9 Å². The summed E-state index contributed by atoms with van der Waals surface area (Å²) >= 11 is 3.55. The van der Waals surface area contributed by atoms with Gasteiger partial charge in [0.05, 0.1) is 35.8 Å². The minimum Gasteiger partial charge on any atom is -0.496 e. The van der Waals surface area contributed by atoms with Gasteiger partial charge in [-0.3, -0.25) is 14.5 Å². The van der Waals surface area contributed by atoms with E-state index in [1.165, 1.54) is 0 Å². The summed E-state index contributed by atoms with van der Waals surface area (Å²) in [5.41, 5.74) is 4.72. The molecule has 1 unspecified atom stereocenters. The second kappa shape index (κ2) is 11.6. The van der Waals surface area contributed by atoms with Gasteiger partial charge in [-0.25, -0.2) is 4.98 Å². The number of hydrogen-bond acceptors (Lipinski definition) is 5. The second-order valence-electron chi connectivity index (χ2n) is 9.77. The number of methoxy groups -OCH3 is 1. The molecule has 0 radical (unpaired) electrons. The van der Waals surface area contributed by atoms with Gasteiger partial charge in [0.2, 0.25) is 0 Å². The number of carboxylic acids is 1. The monoisotopic (exact) mass is 587 g/mol. The first-order valence-corrected chi connectivity index (χ1v) is 13.7. The van der Waals surface area contributed by atoms with Crippen LogP contribution in [0, 0.1) is 12.8 Å². The number of aliphatic carboxylic acids is 1. The van der Waals surface area contributed by atoms with E-state index in [-0.39, 0.29) is 11.9 Å². The van der Waals surface area contributed by atoms with Gasteiger partial charge in [-0.2, -0.15) is 0 Å². The second-order valence-corrected chi connectivity index (χ2v) is 10.7. The van der Waals surface area contributed by atoms with E-state index in [0.29, 0.717) is 37.4 Å². The van der Waals surface area contributed by atoms with Crippen LogP contribution in [0.2, 0.25) is 0 Å². The molecule has 0 bridgehead atoms. The fourth-order valence-corrected chi connectivity index (χ4v) is 5.79. The molecule has 0 aliphatic carbocycles. The summed E-state index contributed by atoms with van der Waals surface area (Å²) in [5.74, 6) is -0.728. The average molecular weight is 589 g/mol. The molecule has 8 heteroatoms. The highest BCUT2D eigenvalue weighted by Crippen LogP contribution is 2.34. The summed E-state index contributed by atoms with van der Waals surface area (Å²) in [6.07, 6.45) is 0.567. The summed E-state index contributed by atoms with van der Waals surface area (Å²) in [7, 11) is 1.62. The normalized spacial score (nSPS) is 16.2. The number of ether oxygens (including phenoxy) is 1. The molecule has 0 spiro atoms. The van der Waals surface area contributed by atoms with E-state index >= 15 is 0 Å². The van der Waals surface area contributed by atoms with Crippen LogP contribution in [0.4, 0.5) is 0 Å². The third kappa shape index (κ3) is 5.53. The molecule has 2 N–H and O–H groups in total. The Hall–Kier alpha value is -3.75. The molecule has 200 valence electrons. The van der Waals surface area contributed by atoms with E-state index in [4.69, 9.17) is 9.72 Å². The van der Waals surface area contributed by atoms with Crippen molar-refractivity contribution in [1.29, 1.82) is 0 Å². The van der Waals surface area contributed by atoms with Gasteiger partial charge in [-0.1, -0.05) is 64.5 Å². The van der Waals surface area contributed by atoms with Crippen LogP contribution >= 0.6 is 15.9 Å². The molecule has 1 saturated heterocycles. The molecule has 4 aromatic rings. The Bertz CT molecular complexity index is 1530. The summed E-state index contributed by atoms with van der Waals surface area (Å²) < 4.78 is 6.50. The zero-order valence-electron chi connectivity index (χ0n) is 21.9. The van der Waals surface area contributed by atoms with Crippen LogP contribution in [-0.2, 0) is 4.79 Å². The molecule has 1 amide bonds. The van der Waals surface area contributed by atoms with Crippen LogP contribution in [0.5, 0.6) is 5.75 Å². The number of pyridine rings is 1. The van der Waals surface area contributed by atoms with Gasteiger partial charge < -0.3 is 15.2 Å². The van der Waals surface area contributed by atoms with Gasteiger partial charge in [0, 0.05) is 34.1 Å². The number of para-hydroxylation sites is 1. The van der Waals surface area contributed by atoms with Crippen molar-refractivity contribution in [3.63, 3.8) is 0 Å². The van der Waals surface area contributed by atoms with Gasteiger partial charge in [-0.15, -0.1) is 0 Å². The lowest BCUT2D eigenvalue weighted by atomic mass is 9.97. The zero-order chi connectivity index (χ0) is 27.5. The number of halogens is 1. The van der Waals surface area contributed by atoms with Crippen molar-refractivity contribution in [3.05, 3.63) is 94.0 Å². The van der Waals surface area contributed by atoms with Crippen LogP contribution in [-0.4, -0.2) is 53.6 Å². The lowest BCUT2D eigenvalue weighted by molar-refractivity contribution is -0.141. The molecular weight excluding hydrogens is 558 g/mol. The van der Waals surface area contributed by atoms with E-state index in [9.17, 15) is 14.7 Å². The standard InChI is InChI=1S/C31H30BrN3O4/c1-19-28(24-16-22(32)12-13-25(24)34-29(19)20-8-4-3-5-9-20)30(36)33-17-26(23-10-6-7-11-27(23)39-2)35-15-14-21(18-35)31(37)38/h3-13,16,21,26H,14-15,17-18H2,1-2H3,(H,33,36)(H,37,38)/t21?,26-/m1/s1. The van der Waals surface area contributed by atoms with Gasteiger partial charge in [0.1, 0.15) is 5.75 Å². The zero-order valence-corrected chi connectivity index (χ0v) is 23.4. The van der Waals surface area contributed by atoms with Crippen molar-refractivity contribution in [2.24, 2.45) is 5.92 Å². The first-order chi connectivity index (χ1) is 18.9. The van der Waals surface area contributed by atoms with Crippen LogP contribution in [0.25, 0.3) is 22.2 Å². The molecule has 1 aliphatic heterocycles. The van der Waals surface area contributed by atoms with E-state index in [1.54, 1.807) is 7.11 Å². The number of amides is 1. The number of carboxylic acid groups (broad SMARTS) is 1. The molecule has 1 fully saturated rings. The van der Waals surface area contributed by atoms with Crippen molar-refractivity contribution in [3.8, 4) is 17.0 Å². The topological polar surface area (TPSA) is 91.8 Å². The Balaban J connectivity index is 1.52. The van der Waals surface area contributed by atoms with Crippen LogP contribution in [0.3, 0.4) is 0 Å². The highest BCUT2D eigenvalue weighted by molar-refractivity contribution is 9.10. The quantitative estimate of drug-likeness (QED) is 0.268. The van der Waals surface area contributed by atoms with Crippen LogP contribution < -0.4 is 10.1 Å². The Labute approximate surface area is 235 Å². The number of likely N-dealkylation sites (tertiary alicyclic amines) is 1. The molecule has 0 saturated carbocycles. The molecule has 2 heterocycles. The van der Waals surface area contributed by atoms with Gasteiger partial charge in [0.25, 0.3) is 5.91 Å². The van der Waals surface area contributed by atoms with Gasteiger partial charge >= 0.3 is 5.97 Å². The number of nitrogens with zero attached hydrogens (tertiary/aromatic N) is 2. The maximum Gasteiger partial charge on any atom is 0.307 e. The summed E-state index contributed by atoms with van der Waals surface area (Å²) in [4.78, 5) is 32.7. The number of aromatic nitrogens is 1. The number of hydrogen-bond donors (Lipinski definition) is 2. The van der Waals surface area contributed by atoms with E-state index in [0.717, 1.165) is 37.8 Å². The molecule has 7 nitrogen and oxygen atoms in total. The van der Waals surface area contributed by atoms with Crippen molar-refractivity contribution in [2.45, 2.75) is 19.4 Å². The fourth-order valence-electron chi connectivity index (χ4n) is 5.43. The van der Waals surface area contributed by atoms with Gasteiger partial charge in [-0.05, 0) is 49.7 Å². The maximum absolute atomic E-state index is 14.0. The van der Waals surface area contributed by atoms with Crippen molar-refractivity contribution in [2.75, 3.05) is 26.7 Å². The Morgan fingerprint density at radius 2 is 1.87 bits per heavy atom. The Morgan fingerprint density at radius 1 is 1.13 bits per heavy atom. The van der Waals surface area contributed by atoms with Gasteiger partial charge in [0.15, 0.2) is 0 Å². The third-order valence-electron chi connectivity index (χ3n) is 7.43. The highest BCUT2D eigenvalue weighted by Gasteiger charge is 2.34. The molecule has 1 aliphatic rings. The summed E-state index contributed by atoms with van der Waals surface area (Å²) in [5, 5.41) is 13.5. The molecule has 39 heavy (non-hydrogen) atoms. The Kier molecular flexibility index (Phi) is 7.95. The predicted octanol–water partition coefficient (Wildman–Crippen LogP) is 5.86. The number of rotatable bonds is 8. The van der Waals surface area contributed by atoms with E-state index in [2.05, 4.69) is 26.1 Å². The lowest BCUT2D eigenvalue weighted by Gasteiger charge is -2.29. The first-order valence-electron chi connectivity index (χ1n) is 12.9. The smallest absolute Gasteiger partial charge is 0.307 e. The van der Waals surface area contributed by atoms with Crippen molar-refractivity contribution >= 4 is 38.7 Å². The largest absolute Gasteiger partial charge is 0.496 e. The minimum absolute atomic E-state index is 0.205. The minimum atomic E-state index is -0.793. The first kappa shape index (κ1) is 26.8. The number of benzene rings is 3. The SMILES string of the molecule is COc1ccccc1[C@@H](CNC(=O)c1c(C)c(-c2ccccc2)nc2ccc(Br)cc12)N1CCC(C(=O)O)C1. The summed E-state index contributed by atoms with van der Waals surface area (Å²) in [6.45, 7) is 3.26. The molecule has 3 aromatic carbocycles.